The van der Waals surface area contributed by atoms with Crippen LogP contribution in [0, 0.1) is 11.8 Å². The molecule has 0 heterocycles. The highest BCUT2D eigenvalue weighted by molar-refractivity contribution is 7.46. The van der Waals surface area contributed by atoms with Gasteiger partial charge in [-0.3, -0.25) is 18.9 Å². The molecule has 12 heteroatoms. The lowest BCUT2D eigenvalue weighted by Crippen LogP contribution is -2.29. The van der Waals surface area contributed by atoms with Gasteiger partial charge in [-0.1, -0.05) is 128 Å². The van der Waals surface area contributed by atoms with Gasteiger partial charge in [0.1, 0.15) is 12.4 Å². The van der Waals surface area contributed by atoms with Crippen molar-refractivity contribution in [2.45, 2.75) is 193 Å². The molecule has 0 aromatic heterocycles. The first kappa shape index (κ1) is 49.1. The number of Topliss-reactive ketones (excluding diaryl/α,β-unsaturated/α-hetero) is 1. The number of aliphatic hydroxyl groups excluding tert-OH is 2. The number of phosphoric ester groups is 1. The quantitative estimate of drug-likeness (QED) is 0.0212. The zero-order valence-corrected chi connectivity index (χ0v) is 33.8. The number of rotatable bonds is 34. The van der Waals surface area contributed by atoms with Crippen molar-refractivity contribution in [3.63, 3.8) is 0 Å². The highest BCUT2D eigenvalue weighted by Crippen LogP contribution is 2.36. The van der Waals surface area contributed by atoms with E-state index < -0.39 is 44.7 Å². The molecule has 5 atom stereocenters. The first-order valence-electron chi connectivity index (χ1n) is 20.7. The smallest absolute Gasteiger partial charge is 0.462 e. The topological polar surface area (TPSA) is 177 Å². The van der Waals surface area contributed by atoms with Gasteiger partial charge in [-0.05, 0) is 51.4 Å². The standard InChI is InChI=1S/C41H73O11P/c1-3-5-7-8-9-10-11-12-13-14-15-16-17-18-24-28-41(46)52-35(33-51-53(47,48)49)32-50-40(45)27-23-20-19-22-26-36-37(39(44)31-38(36)43)30-29-34(42)25-21-6-4-2/h10-11,29-30,34-37,39,42,44H,3-9,12-28,31-33H2,1-2H3,(H2,47,48,49)/b11-10-,30-29+/t34-,35+,36+,37+,39+/m0/s1. The Hall–Kier alpha value is -1.88. The molecule has 0 amide bonds. The van der Waals surface area contributed by atoms with Gasteiger partial charge >= 0.3 is 19.8 Å². The van der Waals surface area contributed by atoms with E-state index in [1.165, 1.54) is 51.4 Å². The summed E-state index contributed by atoms with van der Waals surface area (Å²) in [5.74, 6) is -1.57. The van der Waals surface area contributed by atoms with Gasteiger partial charge in [0.2, 0.25) is 0 Å². The number of phosphoric acid groups is 1. The predicted molar refractivity (Wildman–Crippen MR) is 208 cm³/mol. The summed E-state index contributed by atoms with van der Waals surface area (Å²) < 4.78 is 26.4. The lowest BCUT2D eigenvalue weighted by molar-refractivity contribution is -0.161. The van der Waals surface area contributed by atoms with Crippen LogP contribution in [0.3, 0.4) is 0 Å². The molecule has 0 radical (unpaired) electrons. The van der Waals surface area contributed by atoms with Crippen molar-refractivity contribution in [1.29, 1.82) is 0 Å². The van der Waals surface area contributed by atoms with E-state index in [9.17, 15) is 29.2 Å². The number of unbranched alkanes of at least 4 members (excludes halogenated alkanes) is 16. The van der Waals surface area contributed by atoms with Crippen LogP contribution in [-0.2, 0) is 32.9 Å². The van der Waals surface area contributed by atoms with Crippen molar-refractivity contribution in [3.8, 4) is 0 Å². The SMILES string of the molecule is CCCCCC/C=C\CCCCCCCCCC(=O)O[C@H](COC(=O)CCCCCC[C@H]1C(=O)C[C@@H](O)[C@@H]1/C=C/[C@@H](O)CCCCC)COP(=O)(O)O. The zero-order valence-electron chi connectivity index (χ0n) is 32.9. The predicted octanol–water partition coefficient (Wildman–Crippen LogP) is 8.99. The number of hydrogen-bond acceptors (Lipinski definition) is 9. The number of aliphatic hydroxyl groups is 2. The summed E-state index contributed by atoms with van der Waals surface area (Å²) in [5, 5.41) is 20.6. The van der Waals surface area contributed by atoms with Crippen LogP contribution < -0.4 is 0 Å². The molecule has 0 unspecified atom stereocenters. The summed E-state index contributed by atoms with van der Waals surface area (Å²) in [6.45, 7) is 3.37. The molecule has 0 spiro atoms. The van der Waals surface area contributed by atoms with Crippen molar-refractivity contribution >= 4 is 25.5 Å². The second kappa shape index (κ2) is 31.3. The maximum Gasteiger partial charge on any atom is 0.469 e. The van der Waals surface area contributed by atoms with Crippen LogP contribution in [0.25, 0.3) is 0 Å². The van der Waals surface area contributed by atoms with E-state index >= 15 is 0 Å². The molecular formula is C41H73O11P. The van der Waals surface area contributed by atoms with Crippen molar-refractivity contribution in [2.24, 2.45) is 11.8 Å². The molecule has 0 aromatic carbocycles. The molecule has 0 saturated heterocycles. The summed E-state index contributed by atoms with van der Waals surface area (Å²) in [5.41, 5.74) is 0. The van der Waals surface area contributed by atoms with Crippen molar-refractivity contribution in [1.82, 2.24) is 0 Å². The first-order chi connectivity index (χ1) is 25.5. The summed E-state index contributed by atoms with van der Waals surface area (Å²) in [7, 11) is -4.81. The van der Waals surface area contributed by atoms with Gasteiger partial charge in [0.25, 0.3) is 0 Å². The van der Waals surface area contributed by atoms with Gasteiger partial charge in [-0.2, -0.15) is 0 Å². The second-order valence-corrected chi connectivity index (χ2v) is 16.0. The molecule has 53 heavy (non-hydrogen) atoms. The molecule has 0 aromatic rings. The van der Waals surface area contributed by atoms with E-state index in [1.54, 1.807) is 6.08 Å². The van der Waals surface area contributed by atoms with E-state index in [0.717, 1.165) is 64.2 Å². The molecule has 1 aliphatic rings. The number of esters is 2. The molecule has 1 rings (SSSR count). The molecule has 0 bridgehead atoms. The fourth-order valence-corrected chi connectivity index (χ4v) is 7.04. The Labute approximate surface area is 320 Å². The van der Waals surface area contributed by atoms with Crippen LogP contribution in [0.5, 0.6) is 0 Å². The maximum atomic E-state index is 12.5. The van der Waals surface area contributed by atoms with Gasteiger partial charge in [-0.15, -0.1) is 0 Å². The minimum absolute atomic E-state index is 0.0437. The molecule has 1 saturated carbocycles. The Balaban J connectivity index is 2.27. The minimum Gasteiger partial charge on any atom is -0.462 e. The van der Waals surface area contributed by atoms with Crippen molar-refractivity contribution < 1.29 is 52.9 Å². The molecule has 0 aliphatic heterocycles. The molecular weight excluding hydrogens is 699 g/mol. The van der Waals surface area contributed by atoms with Gasteiger partial charge in [0, 0.05) is 31.1 Å². The number of ketones is 1. The minimum atomic E-state index is -4.81. The highest BCUT2D eigenvalue weighted by Gasteiger charge is 2.39. The van der Waals surface area contributed by atoms with Gasteiger partial charge in [0.15, 0.2) is 6.10 Å². The molecule has 1 aliphatic carbocycles. The van der Waals surface area contributed by atoms with Crippen LogP contribution in [0.2, 0.25) is 0 Å². The number of allylic oxidation sites excluding steroid dienone is 2. The van der Waals surface area contributed by atoms with Crippen molar-refractivity contribution in [2.75, 3.05) is 13.2 Å². The number of ether oxygens (including phenoxy) is 2. The molecule has 4 N–H and O–H groups in total. The third kappa shape index (κ3) is 27.4. The Bertz CT molecular complexity index is 1070. The fraction of sp³-hybridized carbons (Fsp3) is 0.829. The van der Waals surface area contributed by atoms with E-state index in [0.29, 0.717) is 25.7 Å². The van der Waals surface area contributed by atoms with Gasteiger partial charge in [-0.25, -0.2) is 4.57 Å². The van der Waals surface area contributed by atoms with E-state index in [1.807, 2.05) is 6.08 Å². The average Bonchev–Trinajstić information content (AvgIpc) is 3.38. The number of hydrogen-bond donors (Lipinski definition) is 4. The van der Waals surface area contributed by atoms with Crippen LogP contribution in [0.15, 0.2) is 24.3 Å². The molecule has 1 fully saturated rings. The van der Waals surface area contributed by atoms with Gasteiger partial charge in [0.05, 0.1) is 18.8 Å². The van der Waals surface area contributed by atoms with Crippen LogP contribution in [0.4, 0.5) is 0 Å². The lowest BCUT2D eigenvalue weighted by atomic mass is 9.88. The number of carbonyl (C=O) groups excluding carboxylic acids is 3. The third-order valence-electron chi connectivity index (χ3n) is 9.84. The average molecular weight is 773 g/mol. The normalized spacial score (nSPS) is 19.0. The third-order valence-corrected chi connectivity index (χ3v) is 10.3. The number of carbonyl (C=O) groups is 3. The summed E-state index contributed by atoms with van der Waals surface area (Å²) in [6, 6.07) is 0. The Morgan fingerprint density at radius 3 is 1.94 bits per heavy atom. The molecule has 308 valence electrons. The second-order valence-electron chi connectivity index (χ2n) is 14.7. The summed E-state index contributed by atoms with van der Waals surface area (Å²) in [4.78, 5) is 55.5. The van der Waals surface area contributed by atoms with E-state index in [4.69, 9.17) is 19.3 Å². The zero-order chi connectivity index (χ0) is 39.2. The van der Waals surface area contributed by atoms with Crippen molar-refractivity contribution in [3.05, 3.63) is 24.3 Å². The monoisotopic (exact) mass is 772 g/mol. The largest absolute Gasteiger partial charge is 0.469 e. The lowest BCUT2D eigenvalue weighted by Gasteiger charge is -2.18. The van der Waals surface area contributed by atoms with Crippen LogP contribution in [-0.4, -0.2) is 69.2 Å². The highest BCUT2D eigenvalue weighted by atomic mass is 31.2. The molecule has 11 nitrogen and oxygen atoms in total. The van der Waals surface area contributed by atoms with Gasteiger partial charge < -0.3 is 29.5 Å². The van der Waals surface area contributed by atoms with E-state index in [2.05, 4.69) is 30.5 Å². The van der Waals surface area contributed by atoms with Crippen LogP contribution >= 0.6 is 7.82 Å². The maximum absolute atomic E-state index is 12.5. The summed E-state index contributed by atoms with van der Waals surface area (Å²) >= 11 is 0. The summed E-state index contributed by atoms with van der Waals surface area (Å²) in [6.07, 6.45) is 28.0. The Morgan fingerprint density at radius 2 is 1.32 bits per heavy atom. The Morgan fingerprint density at radius 1 is 0.774 bits per heavy atom. The van der Waals surface area contributed by atoms with Crippen LogP contribution in [0.1, 0.15) is 174 Å². The van der Waals surface area contributed by atoms with E-state index in [-0.39, 0.29) is 43.5 Å². The first-order valence-corrected chi connectivity index (χ1v) is 22.3. The Kier molecular flexibility index (Phi) is 29.1. The fourth-order valence-electron chi connectivity index (χ4n) is 6.67.